The number of aromatic nitrogens is 1. The number of fused-ring (bicyclic) bond motifs is 2. The summed E-state index contributed by atoms with van der Waals surface area (Å²) in [7, 11) is 0. The van der Waals surface area contributed by atoms with Gasteiger partial charge in [0.15, 0.2) is 0 Å². The fraction of sp³-hybridized carbons (Fsp3) is 0.480. The van der Waals surface area contributed by atoms with Crippen LogP contribution in [0.25, 0.3) is 0 Å². The van der Waals surface area contributed by atoms with Crippen LogP contribution < -0.4 is 0 Å². The maximum Gasteiger partial charge on any atom is 0.222 e. The molecule has 1 saturated heterocycles. The van der Waals surface area contributed by atoms with E-state index in [0.29, 0.717) is 35.2 Å². The van der Waals surface area contributed by atoms with Crippen molar-refractivity contribution in [1.29, 1.82) is 0 Å². The molecule has 0 saturated carbocycles. The number of piperidine rings is 1. The highest BCUT2D eigenvalue weighted by Crippen LogP contribution is 2.46. The lowest BCUT2D eigenvalue weighted by molar-refractivity contribution is -0.132. The Morgan fingerprint density at radius 1 is 1.09 bits per heavy atom. The fourth-order valence-corrected chi connectivity index (χ4v) is 6.19. The number of halogens is 3. The monoisotopic (exact) mass is 536 g/mol. The van der Waals surface area contributed by atoms with Gasteiger partial charge in [-0.15, -0.1) is 0 Å². The second-order valence-corrected chi connectivity index (χ2v) is 10.7. The van der Waals surface area contributed by atoms with Gasteiger partial charge in [0.2, 0.25) is 5.91 Å². The number of Topliss-reactive ketones (excluding diaryl/α,β-unsaturated/α-hetero) is 1. The van der Waals surface area contributed by atoms with Crippen molar-refractivity contribution in [2.75, 3.05) is 13.1 Å². The molecule has 2 aromatic rings. The van der Waals surface area contributed by atoms with Crippen LogP contribution in [0.5, 0.6) is 0 Å². The van der Waals surface area contributed by atoms with Gasteiger partial charge in [0.25, 0.3) is 0 Å². The largest absolute Gasteiger partial charge is 0.343 e. The molecule has 2 heterocycles. The van der Waals surface area contributed by atoms with E-state index in [0.717, 1.165) is 54.5 Å². The second kappa shape index (κ2) is 10.2. The number of carbonyl (C=O) groups excluding carboxylic acids is 2. The molecule has 1 aliphatic carbocycles. The first kappa shape index (κ1) is 23.7. The van der Waals surface area contributed by atoms with E-state index in [1.54, 1.807) is 6.92 Å². The lowest BCUT2D eigenvalue weighted by Crippen LogP contribution is -2.40. The molecule has 2 aliphatic rings. The van der Waals surface area contributed by atoms with Gasteiger partial charge in [-0.25, -0.2) is 0 Å². The first-order valence-electron chi connectivity index (χ1n) is 11.2. The standard InChI is InChI=1S/C25H27BrCl2N2O2/c1-15(31)3-2-4-22(32)30-9-7-16(8-10-30)24-23-17(12-20(27)13-21(23)28)5-6-18-11-19(26)14-29-25(18)24/h11-14,16,24H,2-10H2,1H3. The highest BCUT2D eigenvalue weighted by molar-refractivity contribution is 9.10. The number of nitrogens with zero attached hydrogens (tertiary/aromatic N) is 2. The molecule has 0 N–H and O–H groups in total. The Kier molecular flexibility index (Phi) is 7.58. The van der Waals surface area contributed by atoms with Gasteiger partial charge in [0.1, 0.15) is 5.78 Å². The zero-order chi connectivity index (χ0) is 22.8. The van der Waals surface area contributed by atoms with E-state index >= 15 is 0 Å². The van der Waals surface area contributed by atoms with Crippen LogP contribution in [0.2, 0.25) is 10.0 Å². The number of rotatable bonds is 5. The first-order valence-corrected chi connectivity index (χ1v) is 12.8. The highest BCUT2D eigenvalue weighted by atomic mass is 79.9. The number of aryl methyl sites for hydroxylation is 2. The van der Waals surface area contributed by atoms with Gasteiger partial charge in [-0.1, -0.05) is 23.2 Å². The van der Waals surface area contributed by atoms with E-state index in [2.05, 4.69) is 22.0 Å². The number of pyridine rings is 1. The number of carbonyl (C=O) groups is 2. The molecule has 1 amide bonds. The van der Waals surface area contributed by atoms with E-state index in [9.17, 15) is 9.59 Å². The summed E-state index contributed by atoms with van der Waals surface area (Å²) in [4.78, 5) is 30.6. The Balaban J connectivity index is 1.58. The van der Waals surface area contributed by atoms with Crippen LogP contribution in [0.4, 0.5) is 0 Å². The third kappa shape index (κ3) is 5.21. The molecule has 4 rings (SSSR count). The number of hydrogen-bond donors (Lipinski definition) is 0. The first-order chi connectivity index (χ1) is 15.3. The minimum Gasteiger partial charge on any atom is -0.343 e. The predicted octanol–water partition coefficient (Wildman–Crippen LogP) is 6.38. The summed E-state index contributed by atoms with van der Waals surface area (Å²) >= 11 is 16.7. The Morgan fingerprint density at radius 3 is 2.53 bits per heavy atom. The van der Waals surface area contributed by atoms with Gasteiger partial charge in [-0.2, -0.15) is 0 Å². The summed E-state index contributed by atoms with van der Waals surface area (Å²) in [6, 6.07) is 6.06. The normalized spacial score (nSPS) is 18.6. The molecule has 0 radical (unpaired) electrons. The summed E-state index contributed by atoms with van der Waals surface area (Å²) < 4.78 is 0.982. The second-order valence-electron chi connectivity index (χ2n) is 8.91. The van der Waals surface area contributed by atoms with Crippen LogP contribution in [0.15, 0.2) is 28.9 Å². The Morgan fingerprint density at radius 2 is 1.81 bits per heavy atom. The molecule has 1 aromatic carbocycles. The van der Waals surface area contributed by atoms with E-state index in [4.69, 9.17) is 28.2 Å². The molecule has 1 unspecified atom stereocenters. The molecule has 1 atom stereocenters. The van der Waals surface area contributed by atoms with E-state index in [1.807, 2.05) is 23.2 Å². The van der Waals surface area contributed by atoms with Crippen molar-refractivity contribution in [3.8, 4) is 0 Å². The number of likely N-dealkylation sites (tertiary alicyclic amines) is 1. The van der Waals surface area contributed by atoms with Crippen LogP contribution in [0, 0.1) is 5.92 Å². The summed E-state index contributed by atoms with van der Waals surface area (Å²) in [5.41, 5.74) is 4.69. The SMILES string of the molecule is CC(=O)CCCC(=O)N1CCC(C2c3ncc(Br)cc3CCc3cc(Cl)cc(Cl)c32)CC1. The van der Waals surface area contributed by atoms with Gasteiger partial charge in [0.05, 0.1) is 5.69 Å². The maximum atomic E-state index is 12.6. The summed E-state index contributed by atoms with van der Waals surface area (Å²) in [5, 5.41) is 1.37. The molecule has 4 nitrogen and oxygen atoms in total. The number of ketones is 1. The van der Waals surface area contributed by atoms with Crippen molar-refractivity contribution < 1.29 is 9.59 Å². The van der Waals surface area contributed by atoms with Crippen LogP contribution >= 0.6 is 39.1 Å². The molecule has 1 fully saturated rings. The Bertz CT molecular complexity index is 1030. The van der Waals surface area contributed by atoms with Gasteiger partial charge >= 0.3 is 0 Å². The van der Waals surface area contributed by atoms with Gasteiger partial charge in [-0.3, -0.25) is 9.78 Å². The molecule has 7 heteroatoms. The number of hydrogen-bond acceptors (Lipinski definition) is 3. The number of amides is 1. The predicted molar refractivity (Wildman–Crippen MR) is 131 cm³/mol. The molecule has 1 aliphatic heterocycles. The van der Waals surface area contributed by atoms with Gasteiger partial charge in [0, 0.05) is 52.6 Å². The zero-order valence-electron chi connectivity index (χ0n) is 18.2. The molecule has 170 valence electrons. The summed E-state index contributed by atoms with van der Waals surface area (Å²) in [6.45, 7) is 3.03. The molecule has 0 spiro atoms. The van der Waals surface area contributed by atoms with Gasteiger partial charge in [-0.05, 0) is 95.8 Å². The van der Waals surface area contributed by atoms with Crippen LogP contribution in [0.3, 0.4) is 0 Å². The molecular weight excluding hydrogens is 511 g/mol. The lowest BCUT2D eigenvalue weighted by Gasteiger charge is -2.37. The summed E-state index contributed by atoms with van der Waals surface area (Å²) in [5.74, 6) is 0.728. The van der Waals surface area contributed by atoms with E-state index in [-0.39, 0.29) is 17.6 Å². The number of benzene rings is 1. The molecule has 1 aromatic heterocycles. The maximum absolute atomic E-state index is 12.6. The Hall–Kier alpha value is -1.43. The minimum absolute atomic E-state index is 0.0929. The molecule has 0 bridgehead atoms. The van der Waals surface area contributed by atoms with Crippen molar-refractivity contribution in [3.05, 3.63) is 61.3 Å². The Labute approximate surface area is 207 Å². The smallest absolute Gasteiger partial charge is 0.222 e. The van der Waals surface area contributed by atoms with E-state index < -0.39 is 0 Å². The van der Waals surface area contributed by atoms with Crippen LogP contribution in [-0.4, -0.2) is 34.7 Å². The fourth-order valence-electron chi connectivity index (χ4n) is 5.16. The lowest BCUT2D eigenvalue weighted by atomic mass is 9.76. The average molecular weight is 538 g/mol. The third-order valence-electron chi connectivity index (χ3n) is 6.70. The molecule has 32 heavy (non-hydrogen) atoms. The highest BCUT2D eigenvalue weighted by Gasteiger charge is 2.36. The van der Waals surface area contributed by atoms with Gasteiger partial charge < -0.3 is 9.69 Å². The third-order valence-corrected chi connectivity index (χ3v) is 7.67. The zero-order valence-corrected chi connectivity index (χ0v) is 21.3. The van der Waals surface area contributed by atoms with Crippen LogP contribution in [0.1, 0.15) is 67.3 Å². The average Bonchev–Trinajstić information content (AvgIpc) is 2.90. The molecular formula is C25H27BrCl2N2O2. The summed E-state index contributed by atoms with van der Waals surface area (Å²) in [6.07, 6.45) is 7.00. The van der Waals surface area contributed by atoms with Crippen molar-refractivity contribution in [2.24, 2.45) is 5.92 Å². The van der Waals surface area contributed by atoms with Crippen molar-refractivity contribution in [1.82, 2.24) is 9.88 Å². The van der Waals surface area contributed by atoms with Crippen molar-refractivity contribution in [2.45, 2.75) is 57.8 Å². The van der Waals surface area contributed by atoms with Crippen LogP contribution in [-0.2, 0) is 22.4 Å². The van der Waals surface area contributed by atoms with Crippen molar-refractivity contribution in [3.63, 3.8) is 0 Å². The van der Waals surface area contributed by atoms with Crippen molar-refractivity contribution >= 4 is 50.8 Å². The van der Waals surface area contributed by atoms with E-state index in [1.165, 1.54) is 11.1 Å². The topological polar surface area (TPSA) is 50.3 Å². The quantitative estimate of drug-likeness (QED) is 0.444. The minimum atomic E-state index is 0.0929.